The van der Waals surface area contributed by atoms with Gasteiger partial charge in [-0.2, -0.15) is 0 Å². The van der Waals surface area contributed by atoms with Crippen molar-refractivity contribution in [2.75, 3.05) is 6.54 Å². The summed E-state index contributed by atoms with van der Waals surface area (Å²) in [5.74, 6) is 1.41. The van der Waals surface area contributed by atoms with Gasteiger partial charge in [0.2, 0.25) is 5.91 Å². The third-order valence-electron chi connectivity index (χ3n) is 4.70. The summed E-state index contributed by atoms with van der Waals surface area (Å²) in [6.45, 7) is 13.9. The van der Waals surface area contributed by atoms with E-state index in [9.17, 15) is 4.79 Å². The van der Waals surface area contributed by atoms with E-state index in [1.54, 1.807) is 0 Å². The Morgan fingerprint density at radius 2 is 1.55 bits per heavy atom. The van der Waals surface area contributed by atoms with Gasteiger partial charge in [-0.05, 0) is 38.5 Å². The van der Waals surface area contributed by atoms with Crippen LogP contribution in [0.15, 0.2) is 24.3 Å². The van der Waals surface area contributed by atoms with Gasteiger partial charge in [-0.25, -0.2) is 0 Å². The number of hydrogen-bond acceptors (Lipinski definition) is 1. The van der Waals surface area contributed by atoms with Crippen molar-refractivity contribution >= 4 is 5.91 Å². The average Bonchev–Trinajstić information content (AvgIpc) is 2.45. The predicted octanol–water partition coefficient (Wildman–Crippen LogP) is 4.04. The molecule has 0 saturated carbocycles. The van der Waals surface area contributed by atoms with Crippen molar-refractivity contribution in [1.82, 2.24) is 4.90 Å². The minimum absolute atomic E-state index is 0.0183. The first kappa shape index (κ1) is 15.3. The topological polar surface area (TPSA) is 20.3 Å². The van der Waals surface area contributed by atoms with E-state index in [-0.39, 0.29) is 16.9 Å². The Hall–Kier alpha value is -1.05. The molecule has 0 N–H and O–H groups in total. The number of likely N-dealkylation sites (tertiary alicyclic amines) is 1. The standard InChI is InChI=1S/C18H29NO/c1-17(2,3)15-11-13-9-7-8-10-14(13)12-19(16(15)20)18(4,5)6/h7-10,13-15H,11-12H2,1-6H3. The van der Waals surface area contributed by atoms with E-state index in [0.717, 1.165) is 13.0 Å². The Morgan fingerprint density at radius 3 is 2.05 bits per heavy atom. The molecule has 3 unspecified atom stereocenters. The van der Waals surface area contributed by atoms with Gasteiger partial charge in [0, 0.05) is 23.9 Å². The van der Waals surface area contributed by atoms with Gasteiger partial charge in [-0.1, -0.05) is 45.1 Å². The summed E-state index contributed by atoms with van der Waals surface area (Å²) in [5, 5.41) is 0. The number of carbonyl (C=O) groups excluding carboxylic acids is 1. The maximum absolute atomic E-state index is 13.1. The van der Waals surface area contributed by atoms with Crippen LogP contribution in [-0.4, -0.2) is 22.9 Å². The van der Waals surface area contributed by atoms with E-state index in [1.165, 1.54) is 0 Å². The van der Waals surface area contributed by atoms with Crippen LogP contribution in [0, 0.1) is 23.2 Å². The summed E-state index contributed by atoms with van der Waals surface area (Å²) < 4.78 is 0. The summed E-state index contributed by atoms with van der Waals surface area (Å²) in [4.78, 5) is 15.2. The molecule has 0 aromatic carbocycles. The maximum Gasteiger partial charge on any atom is 0.226 e. The van der Waals surface area contributed by atoms with E-state index < -0.39 is 0 Å². The number of fused-ring (bicyclic) bond motifs is 1. The monoisotopic (exact) mass is 275 g/mol. The third-order valence-corrected chi connectivity index (χ3v) is 4.70. The predicted molar refractivity (Wildman–Crippen MR) is 84.3 cm³/mol. The molecule has 2 nitrogen and oxygen atoms in total. The molecule has 1 saturated heterocycles. The van der Waals surface area contributed by atoms with Gasteiger partial charge in [0.25, 0.3) is 0 Å². The SMILES string of the molecule is CC(C)(C)C1CC2C=CC=CC2CN(C(C)(C)C)C1=O. The van der Waals surface area contributed by atoms with Crippen LogP contribution in [0.5, 0.6) is 0 Å². The quantitative estimate of drug-likeness (QED) is 0.653. The highest BCUT2D eigenvalue weighted by molar-refractivity contribution is 5.80. The lowest BCUT2D eigenvalue weighted by Crippen LogP contribution is -2.50. The molecule has 1 amide bonds. The molecule has 1 aliphatic heterocycles. The normalized spacial score (nSPS) is 31.2. The Bertz CT molecular complexity index is 393. The zero-order valence-electron chi connectivity index (χ0n) is 13.8. The second-order valence-electron chi connectivity index (χ2n) is 8.37. The molecular formula is C18H29NO. The molecule has 2 aliphatic rings. The van der Waals surface area contributed by atoms with Crippen LogP contribution in [0.2, 0.25) is 0 Å². The van der Waals surface area contributed by atoms with E-state index in [2.05, 4.69) is 70.7 Å². The smallest absolute Gasteiger partial charge is 0.226 e. The zero-order valence-corrected chi connectivity index (χ0v) is 13.8. The van der Waals surface area contributed by atoms with Crippen molar-refractivity contribution in [3.63, 3.8) is 0 Å². The highest BCUT2D eigenvalue weighted by atomic mass is 16.2. The molecular weight excluding hydrogens is 246 g/mol. The largest absolute Gasteiger partial charge is 0.337 e. The first-order valence-electron chi connectivity index (χ1n) is 7.77. The van der Waals surface area contributed by atoms with Gasteiger partial charge in [-0.3, -0.25) is 4.79 Å². The molecule has 0 bridgehead atoms. The van der Waals surface area contributed by atoms with Gasteiger partial charge < -0.3 is 4.90 Å². The van der Waals surface area contributed by atoms with Gasteiger partial charge in [0.05, 0.1) is 0 Å². The van der Waals surface area contributed by atoms with Gasteiger partial charge >= 0.3 is 0 Å². The Kier molecular flexibility index (Phi) is 3.88. The van der Waals surface area contributed by atoms with Crippen molar-refractivity contribution in [3.8, 4) is 0 Å². The second-order valence-corrected chi connectivity index (χ2v) is 8.37. The van der Waals surface area contributed by atoms with Gasteiger partial charge in [0.1, 0.15) is 0 Å². The van der Waals surface area contributed by atoms with E-state index >= 15 is 0 Å². The second kappa shape index (κ2) is 5.05. The number of hydrogen-bond donors (Lipinski definition) is 0. The lowest BCUT2D eigenvalue weighted by molar-refractivity contribution is -0.143. The number of nitrogens with zero attached hydrogens (tertiary/aromatic N) is 1. The van der Waals surface area contributed by atoms with Crippen molar-refractivity contribution < 1.29 is 4.79 Å². The van der Waals surface area contributed by atoms with E-state index in [0.29, 0.717) is 17.7 Å². The van der Waals surface area contributed by atoms with Crippen molar-refractivity contribution in [2.24, 2.45) is 23.2 Å². The fourth-order valence-corrected chi connectivity index (χ4v) is 3.34. The Labute approximate surface area is 123 Å². The van der Waals surface area contributed by atoms with Crippen LogP contribution in [0.4, 0.5) is 0 Å². The number of rotatable bonds is 0. The van der Waals surface area contributed by atoms with Crippen LogP contribution < -0.4 is 0 Å². The number of allylic oxidation sites excluding steroid dienone is 3. The highest BCUT2D eigenvalue weighted by Gasteiger charge is 2.43. The molecule has 1 heterocycles. The molecule has 3 atom stereocenters. The molecule has 2 rings (SSSR count). The molecule has 1 fully saturated rings. The first-order valence-corrected chi connectivity index (χ1v) is 7.77. The molecule has 0 aromatic rings. The highest BCUT2D eigenvalue weighted by Crippen LogP contribution is 2.41. The van der Waals surface area contributed by atoms with Gasteiger partial charge in [0.15, 0.2) is 0 Å². The van der Waals surface area contributed by atoms with E-state index in [1.807, 2.05) is 0 Å². The maximum atomic E-state index is 13.1. The zero-order chi connectivity index (χ0) is 15.1. The molecule has 0 radical (unpaired) electrons. The molecule has 0 spiro atoms. The van der Waals surface area contributed by atoms with Crippen LogP contribution in [0.25, 0.3) is 0 Å². The Balaban J connectivity index is 2.39. The summed E-state index contributed by atoms with van der Waals surface area (Å²) in [6.07, 6.45) is 9.81. The summed E-state index contributed by atoms with van der Waals surface area (Å²) in [7, 11) is 0. The van der Waals surface area contributed by atoms with Crippen molar-refractivity contribution in [1.29, 1.82) is 0 Å². The van der Waals surface area contributed by atoms with Crippen molar-refractivity contribution in [3.05, 3.63) is 24.3 Å². The summed E-state index contributed by atoms with van der Waals surface area (Å²) in [6, 6.07) is 0. The van der Waals surface area contributed by atoms with Crippen LogP contribution in [-0.2, 0) is 4.79 Å². The number of carbonyl (C=O) groups is 1. The fourth-order valence-electron chi connectivity index (χ4n) is 3.34. The summed E-state index contributed by atoms with van der Waals surface area (Å²) in [5.41, 5.74) is -0.0883. The minimum atomic E-state index is -0.107. The van der Waals surface area contributed by atoms with E-state index in [4.69, 9.17) is 0 Å². The van der Waals surface area contributed by atoms with Crippen molar-refractivity contribution in [2.45, 2.75) is 53.5 Å². The lowest BCUT2D eigenvalue weighted by Gasteiger charge is -2.40. The molecule has 2 heteroatoms. The molecule has 112 valence electrons. The fraction of sp³-hybridized carbons (Fsp3) is 0.722. The van der Waals surface area contributed by atoms with Crippen LogP contribution in [0.1, 0.15) is 48.0 Å². The average molecular weight is 275 g/mol. The molecule has 1 aliphatic carbocycles. The first-order chi connectivity index (χ1) is 9.10. The number of amides is 1. The third kappa shape index (κ3) is 2.99. The lowest BCUT2D eigenvalue weighted by atomic mass is 9.73. The minimum Gasteiger partial charge on any atom is -0.337 e. The van der Waals surface area contributed by atoms with Gasteiger partial charge in [-0.15, -0.1) is 0 Å². The summed E-state index contributed by atoms with van der Waals surface area (Å²) >= 11 is 0. The van der Waals surface area contributed by atoms with Crippen LogP contribution >= 0.6 is 0 Å². The molecule has 0 aromatic heterocycles. The molecule has 20 heavy (non-hydrogen) atoms. The van der Waals surface area contributed by atoms with Crippen LogP contribution in [0.3, 0.4) is 0 Å². The Morgan fingerprint density at radius 1 is 1.00 bits per heavy atom.